The fraction of sp³-hybridized carbons (Fsp3) is 0. The maximum Gasteiger partial charge on any atom is 0.345 e. The molecule has 0 aliphatic rings. The van der Waals surface area contributed by atoms with Crippen LogP contribution in [0.4, 0.5) is 0 Å². The van der Waals surface area contributed by atoms with Gasteiger partial charge in [0.15, 0.2) is 0 Å². The molecule has 0 saturated carbocycles. The average Bonchev–Trinajstić information content (AvgIpc) is 2.76. The predicted molar refractivity (Wildman–Crippen MR) is 60.6 cm³/mol. The van der Waals surface area contributed by atoms with Gasteiger partial charge in [0, 0.05) is 0 Å². The van der Waals surface area contributed by atoms with Crippen LogP contribution in [0.25, 0.3) is 11.0 Å². The van der Waals surface area contributed by atoms with Gasteiger partial charge in [-0.2, -0.15) is 0 Å². The predicted octanol–water partition coefficient (Wildman–Crippen LogP) is 1.72. The number of benzene rings is 1. The van der Waals surface area contributed by atoms with E-state index in [4.69, 9.17) is 16.4 Å². The number of hydrogen-bond acceptors (Lipinski definition) is 5. The molecule has 0 aliphatic carbocycles. The normalized spacial score (nSPS) is 10.6. The summed E-state index contributed by atoms with van der Waals surface area (Å²) in [6.45, 7) is 0. The highest BCUT2D eigenvalue weighted by Gasteiger charge is 2.06. The van der Waals surface area contributed by atoms with Gasteiger partial charge >= 0.3 is 6.01 Å². The lowest BCUT2D eigenvalue weighted by Gasteiger charge is -2.01. The van der Waals surface area contributed by atoms with Gasteiger partial charge < -0.3 is 4.84 Å². The molecule has 0 radical (unpaired) electrons. The smallest absolute Gasteiger partial charge is 0.314 e. The first-order chi connectivity index (χ1) is 8.33. The van der Waals surface area contributed by atoms with Crippen LogP contribution in [0, 0.1) is 0 Å². The van der Waals surface area contributed by atoms with E-state index >= 15 is 0 Å². The van der Waals surface area contributed by atoms with Crippen LogP contribution in [-0.4, -0.2) is 25.1 Å². The Morgan fingerprint density at radius 3 is 2.71 bits per heavy atom. The van der Waals surface area contributed by atoms with Crippen molar-refractivity contribution in [2.45, 2.75) is 0 Å². The van der Waals surface area contributed by atoms with Crippen LogP contribution >= 0.6 is 11.6 Å². The number of para-hydroxylation sites is 1. The monoisotopic (exact) mass is 247 g/mol. The van der Waals surface area contributed by atoms with Crippen molar-refractivity contribution in [1.82, 2.24) is 25.1 Å². The summed E-state index contributed by atoms with van der Waals surface area (Å²) in [5.41, 5.74) is 1.48. The number of fused-ring (bicyclic) bond motifs is 1. The van der Waals surface area contributed by atoms with Crippen LogP contribution in [0.3, 0.4) is 0 Å². The van der Waals surface area contributed by atoms with E-state index in [9.17, 15) is 0 Å². The first-order valence-corrected chi connectivity index (χ1v) is 5.17. The van der Waals surface area contributed by atoms with E-state index in [1.165, 1.54) is 17.2 Å². The summed E-state index contributed by atoms with van der Waals surface area (Å²) >= 11 is 5.67. The van der Waals surface area contributed by atoms with Crippen LogP contribution in [0.5, 0.6) is 6.01 Å². The van der Waals surface area contributed by atoms with E-state index in [1.807, 2.05) is 24.3 Å². The zero-order valence-corrected chi connectivity index (χ0v) is 9.24. The second kappa shape index (κ2) is 3.99. The molecule has 0 atom stereocenters. The van der Waals surface area contributed by atoms with Crippen molar-refractivity contribution in [1.29, 1.82) is 0 Å². The zero-order valence-electron chi connectivity index (χ0n) is 8.49. The molecule has 7 heteroatoms. The Balaban J connectivity index is 1.97. The molecule has 0 N–H and O–H groups in total. The Labute approximate surface area is 101 Å². The third-order valence-corrected chi connectivity index (χ3v) is 2.28. The Bertz CT molecular complexity index is 651. The molecule has 2 heterocycles. The first-order valence-electron chi connectivity index (χ1n) is 4.79. The highest BCUT2D eigenvalue weighted by molar-refractivity contribution is 6.30. The number of rotatable bonds is 2. The number of aromatic nitrogens is 5. The third kappa shape index (κ3) is 1.90. The molecule has 3 rings (SSSR count). The maximum atomic E-state index is 5.67. The fourth-order valence-corrected chi connectivity index (χ4v) is 1.44. The van der Waals surface area contributed by atoms with Crippen LogP contribution in [0.1, 0.15) is 0 Å². The van der Waals surface area contributed by atoms with Crippen molar-refractivity contribution in [3.05, 3.63) is 41.7 Å². The topological polar surface area (TPSA) is 65.7 Å². The fourth-order valence-electron chi connectivity index (χ4n) is 1.34. The lowest BCUT2D eigenvalue weighted by Crippen LogP contribution is -2.09. The van der Waals surface area contributed by atoms with Gasteiger partial charge in [-0.05, 0) is 17.3 Å². The van der Waals surface area contributed by atoms with E-state index in [0.29, 0.717) is 5.02 Å². The van der Waals surface area contributed by atoms with Gasteiger partial charge in [0.2, 0.25) is 0 Å². The minimum atomic E-state index is 0.157. The number of hydrogen-bond donors (Lipinski definition) is 0. The van der Waals surface area contributed by atoms with E-state index in [1.54, 1.807) is 0 Å². The highest BCUT2D eigenvalue weighted by atomic mass is 35.5. The molecule has 84 valence electrons. The molecule has 3 aromatic rings. The molecular formula is C10H6ClN5O. The lowest BCUT2D eigenvalue weighted by molar-refractivity contribution is 0.167. The molecule has 1 aromatic carbocycles. The molecule has 0 bridgehead atoms. The van der Waals surface area contributed by atoms with Crippen molar-refractivity contribution in [2.24, 2.45) is 0 Å². The molecule has 0 saturated heterocycles. The Morgan fingerprint density at radius 1 is 1.12 bits per heavy atom. The Hall–Kier alpha value is -2.21. The van der Waals surface area contributed by atoms with Crippen molar-refractivity contribution in [3.63, 3.8) is 0 Å². The number of nitrogens with zero attached hydrogens (tertiary/aromatic N) is 5. The summed E-state index contributed by atoms with van der Waals surface area (Å²) in [6, 6.07) is 7.58. The standard InChI is InChI=1S/C10H6ClN5O/c11-7-5-12-10(13-6-7)17-16-9-4-2-1-3-8(9)14-15-16/h1-6H. The highest BCUT2D eigenvalue weighted by Crippen LogP contribution is 2.12. The van der Waals surface area contributed by atoms with Crippen molar-refractivity contribution in [2.75, 3.05) is 0 Å². The van der Waals surface area contributed by atoms with Gasteiger partial charge in [-0.25, -0.2) is 9.97 Å². The Morgan fingerprint density at radius 2 is 1.88 bits per heavy atom. The van der Waals surface area contributed by atoms with E-state index < -0.39 is 0 Å². The molecule has 0 unspecified atom stereocenters. The number of halogens is 1. The second-order valence-electron chi connectivity index (χ2n) is 3.23. The summed E-state index contributed by atoms with van der Waals surface area (Å²) in [4.78, 5) is 14.4. The molecule has 0 fully saturated rings. The SMILES string of the molecule is Clc1cnc(On2nnc3ccccc32)nc1. The minimum absolute atomic E-state index is 0.157. The largest absolute Gasteiger partial charge is 0.345 e. The lowest BCUT2D eigenvalue weighted by atomic mass is 10.3. The quantitative estimate of drug-likeness (QED) is 0.690. The molecule has 6 nitrogen and oxygen atoms in total. The van der Waals surface area contributed by atoms with E-state index in [0.717, 1.165) is 11.0 Å². The van der Waals surface area contributed by atoms with Gasteiger partial charge in [0.05, 0.1) is 17.4 Å². The van der Waals surface area contributed by atoms with Crippen molar-refractivity contribution >= 4 is 22.6 Å². The summed E-state index contributed by atoms with van der Waals surface area (Å²) in [5, 5.41) is 8.23. The van der Waals surface area contributed by atoms with Crippen LogP contribution in [-0.2, 0) is 0 Å². The van der Waals surface area contributed by atoms with Crippen LogP contribution in [0.2, 0.25) is 5.02 Å². The zero-order chi connectivity index (χ0) is 11.7. The van der Waals surface area contributed by atoms with Crippen molar-refractivity contribution in [3.8, 4) is 6.01 Å². The molecule has 0 amide bonds. The molecule has 0 aliphatic heterocycles. The van der Waals surface area contributed by atoms with Gasteiger partial charge in [-0.1, -0.05) is 28.6 Å². The maximum absolute atomic E-state index is 5.67. The second-order valence-corrected chi connectivity index (χ2v) is 3.66. The summed E-state index contributed by atoms with van der Waals surface area (Å²) < 4.78 is 0. The summed E-state index contributed by atoms with van der Waals surface area (Å²) in [7, 11) is 0. The average molecular weight is 248 g/mol. The minimum Gasteiger partial charge on any atom is -0.314 e. The van der Waals surface area contributed by atoms with Gasteiger partial charge in [0.25, 0.3) is 0 Å². The molecule has 17 heavy (non-hydrogen) atoms. The third-order valence-electron chi connectivity index (χ3n) is 2.09. The molecule has 0 spiro atoms. The van der Waals surface area contributed by atoms with Gasteiger partial charge in [-0.3, -0.25) is 0 Å². The van der Waals surface area contributed by atoms with E-state index in [2.05, 4.69) is 20.3 Å². The van der Waals surface area contributed by atoms with Crippen molar-refractivity contribution < 1.29 is 4.84 Å². The van der Waals surface area contributed by atoms with Crippen LogP contribution < -0.4 is 4.84 Å². The van der Waals surface area contributed by atoms with Gasteiger partial charge in [-0.15, -0.1) is 5.10 Å². The Kier molecular flexibility index (Phi) is 2.34. The van der Waals surface area contributed by atoms with Gasteiger partial charge in [0.1, 0.15) is 11.0 Å². The summed E-state index contributed by atoms with van der Waals surface area (Å²) in [6.07, 6.45) is 2.89. The molecular weight excluding hydrogens is 242 g/mol. The summed E-state index contributed by atoms with van der Waals surface area (Å²) in [5.74, 6) is 0. The first kappa shape index (κ1) is 9.98. The molecule has 2 aromatic heterocycles. The van der Waals surface area contributed by atoms with E-state index in [-0.39, 0.29) is 6.01 Å². The van der Waals surface area contributed by atoms with Crippen LogP contribution in [0.15, 0.2) is 36.7 Å².